The van der Waals surface area contributed by atoms with Gasteiger partial charge < -0.3 is 18.7 Å². The molecule has 0 N–H and O–H groups in total. The lowest BCUT2D eigenvalue weighted by atomic mass is 9.93. The quantitative estimate of drug-likeness (QED) is 0.764. The summed E-state index contributed by atoms with van der Waals surface area (Å²) in [4.78, 5) is 31.3. The van der Waals surface area contributed by atoms with Crippen molar-refractivity contribution in [2.24, 2.45) is 13.0 Å². The van der Waals surface area contributed by atoms with E-state index in [9.17, 15) is 9.59 Å². The molecule has 2 aromatic rings. The van der Waals surface area contributed by atoms with Gasteiger partial charge in [-0.05, 0) is 19.8 Å². The van der Waals surface area contributed by atoms with E-state index in [0.29, 0.717) is 30.2 Å². The second kappa shape index (κ2) is 7.18. The average molecular weight is 346 g/mol. The summed E-state index contributed by atoms with van der Waals surface area (Å²) in [5.41, 5.74) is 0.925. The Kier molecular flexibility index (Phi) is 4.98. The first-order chi connectivity index (χ1) is 12.0. The third kappa shape index (κ3) is 3.34. The van der Waals surface area contributed by atoms with Gasteiger partial charge in [-0.15, -0.1) is 0 Å². The number of ether oxygens (including phenoxy) is 1. The highest BCUT2D eigenvalue weighted by Crippen LogP contribution is 2.23. The van der Waals surface area contributed by atoms with Crippen molar-refractivity contribution in [3.05, 3.63) is 35.2 Å². The molecule has 1 fully saturated rings. The fraction of sp³-hybridized carbons (Fsp3) is 0.529. The Bertz CT molecular complexity index is 779. The number of hydrogen-bond donors (Lipinski definition) is 0. The van der Waals surface area contributed by atoms with Crippen LogP contribution in [0.5, 0.6) is 0 Å². The summed E-state index contributed by atoms with van der Waals surface area (Å²) in [5.74, 6) is 0.497. The number of carbonyl (C=O) groups is 2. The van der Waals surface area contributed by atoms with Crippen LogP contribution in [0, 0.1) is 12.8 Å². The number of methoxy groups -OCH3 is 1. The van der Waals surface area contributed by atoms with Crippen molar-refractivity contribution in [2.75, 3.05) is 20.2 Å². The number of Topliss-reactive ketones (excluding diaryl/α,β-unsaturated/α-hetero) is 1. The predicted molar refractivity (Wildman–Crippen MR) is 88.1 cm³/mol. The van der Waals surface area contributed by atoms with Crippen LogP contribution in [0.25, 0.3) is 0 Å². The molecule has 1 atom stereocenters. The number of aromatic nitrogens is 3. The molecule has 8 heteroatoms. The highest BCUT2D eigenvalue weighted by Gasteiger charge is 2.33. The van der Waals surface area contributed by atoms with Gasteiger partial charge in [-0.25, -0.2) is 4.98 Å². The van der Waals surface area contributed by atoms with E-state index >= 15 is 0 Å². The first kappa shape index (κ1) is 17.3. The molecule has 1 amide bonds. The second-order valence-corrected chi connectivity index (χ2v) is 6.32. The highest BCUT2D eigenvalue weighted by molar-refractivity contribution is 5.97. The molecule has 1 aliphatic rings. The molecule has 25 heavy (non-hydrogen) atoms. The van der Waals surface area contributed by atoms with Crippen LogP contribution in [-0.2, 0) is 18.4 Å². The van der Waals surface area contributed by atoms with Crippen LogP contribution < -0.4 is 0 Å². The Balaban J connectivity index is 1.76. The average Bonchev–Trinajstić information content (AvgIpc) is 3.20. The molecule has 0 radical (unpaired) electrons. The number of rotatable bonds is 5. The van der Waals surface area contributed by atoms with E-state index in [2.05, 4.69) is 10.1 Å². The van der Waals surface area contributed by atoms with Gasteiger partial charge >= 0.3 is 0 Å². The van der Waals surface area contributed by atoms with Crippen LogP contribution >= 0.6 is 0 Å². The molecule has 1 aliphatic heterocycles. The topological polar surface area (TPSA) is 90.5 Å². The molecule has 134 valence electrons. The van der Waals surface area contributed by atoms with Crippen molar-refractivity contribution in [1.82, 2.24) is 19.6 Å². The molecule has 3 heterocycles. The van der Waals surface area contributed by atoms with E-state index < -0.39 is 0 Å². The van der Waals surface area contributed by atoms with Crippen LogP contribution in [0.1, 0.15) is 45.3 Å². The van der Waals surface area contributed by atoms with Crippen molar-refractivity contribution in [3.8, 4) is 0 Å². The number of aryl methyl sites for hydroxylation is 2. The minimum atomic E-state index is -0.252. The van der Waals surface area contributed by atoms with E-state index in [1.54, 1.807) is 42.9 Å². The number of nitrogens with zero attached hydrogens (tertiary/aromatic N) is 4. The predicted octanol–water partition coefficient (Wildman–Crippen LogP) is 1.60. The summed E-state index contributed by atoms with van der Waals surface area (Å²) >= 11 is 0. The van der Waals surface area contributed by atoms with Gasteiger partial charge in [-0.2, -0.15) is 0 Å². The minimum absolute atomic E-state index is 0.0292. The zero-order chi connectivity index (χ0) is 18.0. The van der Waals surface area contributed by atoms with Gasteiger partial charge in [-0.3, -0.25) is 9.59 Å². The first-order valence-electron chi connectivity index (χ1n) is 8.27. The molecule has 0 aliphatic carbocycles. The van der Waals surface area contributed by atoms with Crippen LogP contribution in [0.4, 0.5) is 0 Å². The fourth-order valence-corrected chi connectivity index (χ4v) is 3.18. The molecular weight excluding hydrogens is 324 g/mol. The lowest BCUT2D eigenvalue weighted by Gasteiger charge is -2.31. The molecular formula is C17H22N4O4. The van der Waals surface area contributed by atoms with Gasteiger partial charge in [0.05, 0.1) is 12.2 Å². The smallest absolute Gasteiger partial charge is 0.276 e. The SMILES string of the molecule is COCc1c(C(=O)N2CCC[C@H](C(=O)c3nccn3C)C2)noc1C. The summed E-state index contributed by atoms with van der Waals surface area (Å²) < 4.78 is 12.0. The molecule has 0 bridgehead atoms. The molecule has 3 rings (SSSR count). The molecule has 8 nitrogen and oxygen atoms in total. The molecule has 0 unspecified atom stereocenters. The summed E-state index contributed by atoms with van der Waals surface area (Å²) in [5, 5.41) is 3.90. The first-order valence-corrected chi connectivity index (χ1v) is 8.27. The van der Waals surface area contributed by atoms with E-state index in [4.69, 9.17) is 9.26 Å². The Morgan fingerprint density at radius 3 is 2.92 bits per heavy atom. The lowest BCUT2D eigenvalue weighted by molar-refractivity contribution is 0.0621. The number of hydrogen-bond acceptors (Lipinski definition) is 6. The monoisotopic (exact) mass is 346 g/mol. The maximum atomic E-state index is 12.8. The van der Waals surface area contributed by atoms with Crippen molar-refractivity contribution >= 4 is 11.7 Å². The highest BCUT2D eigenvalue weighted by atomic mass is 16.5. The number of amides is 1. The van der Waals surface area contributed by atoms with Crippen LogP contribution in [0.15, 0.2) is 16.9 Å². The number of likely N-dealkylation sites (tertiary alicyclic amines) is 1. The van der Waals surface area contributed by atoms with E-state index in [1.807, 2.05) is 0 Å². The minimum Gasteiger partial charge on any atom is -0.380 e. The van der Waals surface area contributed by atoms with Gasteiger partial charge in [0, 0.05) is 45.6 Å². The normalized spacial score (nSPS) is 17.7. The molecule has 0 aromatic carbocycles. The lowest BCUT2D eigenvalue weighted by Crippen LogP contribution is -2.43. The number of carbonyl (C=O) groups excluding carboxylic acids is 2. The van der Waals surface area contributed by atoms with Crippen LogP contribution in [0.3, 0.4) is 0 Å². The zero-order valence-electron chi connectivity index (χ0n) is 14.7. The van der Waals surface area contributed by atoms with E-state index in [0.717, 1.165) is 12.8 Å². The third-order valence-electron chi connectivity index (χ3n) is 4.60. The molecule has 0 spiro atoms. The summed E-state index contributed by atoms with van der Waals surface area (Å²) in [6, 6.07) is 0. The van der Waals surface area contributed by atoms with Gasteiger partial charge in [0.2, 0.25) is 5.78 Å². The molecule has 2 aromatic heterocycles. The van der Waals surface area contributed by atoms with Gasteiger partial charge in [0.1, 0.15) is 5.76 Å². The van der Waals surface area contributed by atoms with Crippen molar-refractivity contribution in [2.45, 2.75) is 26.4 Å². The summed E-state index contributed by atoms with van der Waals surface area (Å²) in [6.07, 6.45) is 4.86. The Morgan fingerprint density at radius 2 is 2.24 bits per heavy atom. The standard InChI is InChI=1S/C17H22N4O4/c1-11-13(10-24-3)14(19-25-11)17(23)21-7-4-5-12(9-21)15(22)16-18-6-8-20(16)2/h6,8,12H,4-5,7,9-10H2,1-3H3/t12-/m0/s1. The number of imidazole rings is 1. The fourth-order valence-electron chi connectivity index (χ4n) is 3.18. The second-order valence-electron chi connectivity index (χ2n) is 6.32. The van der Waals surface area contributed by atoms with Gasteiger partial charge in [0.15, 0.2) is 11.5 Å². The Hall–Kier alpha value is -2.48. The maximum absolute atomic E-state index is 12.8. The van der Waals surface area contributed by atoms with Gasteiger partial charge in [-0.1, -0.05) is 5.16 Å². The molecule has 0 saturated carbocycles. The maximum Gasteiger partial charge on any atom is 0.276 e. The Labute approximate surface area is 145 Å². The summed E-state index contributed by atoms with van der Waals surface area (Å²) in [6.45, 7) is 2.98. The van der Waals surface area contributed by atoms with Crippen LogP contribution in [-0.4, -0.2) is 51.5 Å². The largest absolute Gasteiger partial charge is 0.380 e. The number of piperidine rings is 1. The number of ketones is 1. The van der Waals surface area contributed by atoms with Crippen molar-refractivity contribution in [1.29, 1.82) is 0 Å². The van der Waals surface area contributed by atoms with Crippen molar-refractivity contribution < 1.29 is 18.8 Å². The third-order valence-corrected chi connectivity index (χ3v) is 4.60. The zero-order valence-corrected chi connectivity index (χ0v) is 14.7. The Morgan fingerprint density at radius 1 is 1.44 bits per heavy atom. The van der Waals surface area contributed by atoms with E-state index in [-0.39, 0.29) is 29.9 Å². The van der Waals surface area contributed by atoms with Gasteiger partial charge in [0.25, 0.3) is 5.91 Å². The van der Waals surface area contributed by atoms with Crippen LogP contribution in [0.2, 0.25) is 0 Å². The van der Waals surface area contributed by atoms with Crippen molar-refractivity contribution in [3.63, 3.8) is 0 Å². The summed E-state index contributed by atoms with van der Waals surface area (Å²) in [7, 11) is 3.35. The van der Waals surface area contributed by atoms with E-state index in [1.165, 1.54) is 0 Å². The molecule has 1 saturated heterocycles.